The van der Waals surface area contributed by atoms with E-state index < -0.39 is 5.60 Å². The third kappa shape index (κ3) is 3.96. The van der Waals surface area contributed by atoms with Gasteiger partial charge in [0.05, 0.1) is 6.04 Å². The van der Waals surface area contributed by atoms with Gasteiger partial charge in [0.25, 0.3) is 0 Å². The van der Waals surface area contributed by atoms with Gasteiger partial charge in [-0.05, 0) is 32.4 Å². The molecule has 1 amide bonds. The summed E-state index contributed by atoms with van der Waals surface area (Å²) < 4.78 is 6.40. The zero-order valence-electron chi connectivity index (χ0n) is 12.1. The first-order chi connectivity index (χ1) is 9.37. The van der Waals surface area contributed by atoms with E-state index >= 15 is 0 Å². The highest BCUT2D eigenvalue weighted by Gasteiger charge is 2.32. The lowest BCUT2D eigenvalue weighted by molar-refractivity contribution is 0.0504. The summed E-state index contributed by atoms with van der Waals surface area (Å²) in [7, 11) is 0. The first-order valence-electron chi connectivity index (χ1n) is 6.81. The van der Waals surface area contributed by atoms with Crippen LogP contribution in [0.4, 0.5) is 4.79 Å². The first kappa shape index (κ1) is 15.3. The highest BCUT2D eigenvalue weighted by Crippen LogP contribution is 2.29. The third-order valence-electron chi connectivity index (χ3n) is 3.22. The summed E-state index contributed by atoms with van der Waals surface area (Å²) in [6.45, 7) is 7.20. The number of carbonyl (C=O) groups is 1. The van der Waals surface area contributed by atoms with Gasteiger partial charge >= 0.3 is 6.09 Å². The number of nitrogens with one attached hydrogen (secondary N) is 2. The van der Waals surface area contributed by atoms with Crippen molar-refractivity contribution in [3.05, 3.63) is 34.3 Å². The normalized spacial score (nSPS) is 22.6. The quantitative estimate of drug-likeness (QED) is 0.869. The molecular formula is C15H21BrN2O2. The largest absolute Gasteiger partial charge is 0.444 e. The van der Waals surface area contributed by atoms with Crippen LogP contribution in [0.1, 0.15) is 32.3 Å². The van der Waals surface area contributed by atoms with Crippen molar-refractivity contribution in [2.75, 3.05) is 13.1 Å². The third-order valence-corrected chi connectivity index (χ3v) is 3.94. The molecule has 20 heavy (non-hydrogen) atoms. The summed E-state index contributed by atoms with van der Waals surface area (Å²) in [6, 6.07) is 8.17. The highest BCUT2D eigenvalue weighted by molar-refractivity contribution is 9.10. The van der Waals surface area contributed by atoms with E-state index in [0.717, 1.165) is 17.6 Å². The molecule has 1 saturated heterocycles. The monoisotopic (exact) mass is 340 g/mol. The summed E-state index contributed by atoms with van der Waals surface area (Å²) in [6.07, 6.45) is -0.358. The van der Waals surface area contributed by atoms with Crippen molar-refractivity contribution in [1.29, 1.82) is 0 Å². The average Bonchev–Trinajstić information content (AvgIpc) is 2.75. The van der Waals surface area contributed by atoms with Crippen molar-refractivity contribution < 1.29 is 9.53 Å². The number of ether oxygens (including phenoxy) is 1. The molecule has 1 aliphatic rings. The second kappa shape index (κ2) is 6.14. The van der Waals surface area contributed by atoms with E-state index in [4.69, 9.17) is 4.74 Å². The van der Waals surface area contributed by atoms with Crippen molar-refractivity contribution in [3.8, 4) is 0 Å². The maximum Gasteiger partial charge on any atom is 0.407 e. The SMILES string of the molecule is CC(C)(C)OC(=O)NC1CNCC1c1ccccc1Br. The molecule has 0 radical (unpaired) electrons. The second-order valence-electron chi connectivity index (χ2n) is 6.04. The topological polar surface area (TPSA) is 50.4 Å². The predicted octanol–water partition coefficient (Wildman–Crippen LogP) is 3.03. The fourth-order valence-corrected chi connectivity index (χ4v) is 2.97. The number of benzene rings is 1. The highest BCUT2D eigenvalue weighted by atomic mass is 79.9. The molecular weight excluding hydrogens is 320 g/mol. The molecule has 1 aromatic carbocycles. The summed E-state index contributed by atoms with van der Waals surface area (Å²) in [5.41, 5.74) is 0.734. The molecule has 0 saturated carbocycles. The molecule has 1 fully saturated rings. The van der Waals surface area contributed by atoms with Gasteiger partial charge in [-0.2, -0.15) is 0 Å². The van der Waals surface area contributed by atoms with Gasteiger partial charge in [-0.15, -0.1) is 0 Å². The molecule has 5 heteroatoms. The Bertz CT molecular complexity index is 485. The molecule has 1 heterocycles. The van der Waals surface area contributed by atoms with Gasteiger partial charge < -0.3 is 15.4 Å². The van der Waals surface area contributed by atoms with Gasteiger partial charge in [0.2, 0.25) is 0 Å². The lowest BCUT2D eigenvalue weighted by atomic mass is 9.94. The van der Waals surface area contributed by atoms with E-state index in [2.05, 4.69) is 32.6 Å². The van der Waals surface area contributed by atoms with E-state index in [9.17, 15) is 4.79 Å². The Morgan fingerprint density at radius 3 is 2.70 bits per heavy atom. The predicted molar refractivity (Wildman–Crippen MR) is 82.9 cm³/mol. The van der Waals surface area contributed by atoms with Gasteiger partial charge in [-0.25, -0.2) is 4.79 Å². The Balaban J connectivity index is 2.05. The van der Waals surface area contributed by atoms with E-state index in [1.54, 1.807) is 0 Å². The molecule has 1 aromatic rings. The van der Waals surface area contributed by atoms with Crippen molar-refractivity contribution in [2.45, 2.75) is 38.3 Å². The van der Waals surface area contributed by atoms with Crippen molar-refractivity contribution >= 4 is 22.0 Å². The van der Waals surface area contributed by atoms with Gasteiger partial charge in [0.1, 0.15) is 5.60 Å². The van der Waals surface area contributed by atoms with Gasteiger partial charge in [0.15, 0.2) is 0 Å². The lowest BCUT2D eigenvalue weighted by Gasteiger charge is -2.24. The van der Waals surface area contributed by atoms with Crippen LogP contribution in [0.2, 0.25) is 0 Å². The van der Waals surface area contributed by atoms with Crippen molar-refractivity contribution in [3.63, 3.8) is 0 Å². The minimum Gasteiger partial charge on any atom is -0.444 e. The molecule has 2 atom stereocenters. The Labute approximate surface area is 128 Å². The smallest absolute Gasteiger partial charge is 0.407 e. The molecule has 0 bridgehead atoms. The molecule has 1 aliphatic heterocycles. The van der Waals surface area contributed by atoms with E-state index in [-0.39, 0.29) is 18.1 Å². The molecule has 2 unspecified atom stereocenters. The number of hydrogen-bond donors (Lipinski definition) is 2. The molecule has 2 N–H and O–H groups in total. The van der Waals surface area contributed by atoms with Crippen molar-refractivity contribution in [2.24, 2.45) is 0 Å². The zero-order valence-corrected chi connectivity index (χ0v) is 13.7. The second-order valence-corrected chi connectivity index (χ2v) is 6.89. The van der Waals surface area contributed by atoms with Crippen LogP contribution in [0.25, 0.3) is 0 Å². The minimum absolute atomic E-state index is 0.0450. The Kier molecular flexibility index (Phi) is 4.70. The maximum absolute atomic E-state index is 11.9. The summed E-state index contributed by atoms with van der Waals surface area (Å²) >= 11 is 3.58. The number of amides is 1. The molecule has 110 valence electrons. The Hall–Kier alpha value is -1.07. The first-order valence-corrected chi connectivity index (χ1v) is 7.61. The Morgan fingerprint density at radius 1 is 1.35 bits per heavy atom. The maximum atomic E-state index is 11.9. The van der Waals surface area contributed by atoms with E-state index in [1.807, 2.05) is 39.0 Å². The molecule has 0 aromatic heterocycles. The van der Waals surface area contributed by atoms with Crippen LogP contribution in [0.15, 0.2) is 28.7 Å². The Morgan fingerprint density at radius 2 is 2.05 bits per heavy atom. The number of carbonyl (C=O) groups excluding carboxylic acids is 1. The van der Waals surface area contributed by atoms with Crippen LogP contribution >= 0.6 is 15.9 Å². The van der Waals surface area contributed by atoms with Crippen LogP contribution in [-0.2, 0) is 4.74 Å². The summed E-state index contributed by atoms with van der Waals surface area (Å²) in [5.74, 6) is 0.248. The van der Waals surface area contributed by atoms with Crippen LogP contribution in [0, 0.1) is 0 Å². The number of hydrogen-bond acceptors (Lipinski definition) is 3. The fraction of sp³-hybridized carbons (Fsp3) is 0.533. The minimum atomic E-state index is -0.473. The number of halogens is 1. The van der Waals surface area contributed by atoms with Gasteiger partial charge in [0, 0.05) is 23.5 Å². The number of rotatable bonds is 2. The molecule has 0 spiro atoms. The van der Waals surface area contributed by atoms with Crippen LogP contribution in [-0.4, -0.2) is 30.8 Å². The standard InChI is InChI=1S/C15H21BrN2O2/c1-15(2,3)20-14(19)18-13-9-17-8-11(13)10-6-4-5-7-12(10)16/h4-7,11,13,17H,8-9H2,1-3H3,(H,18,19). The van der Waals surface area contributed by atoms with E-state index in [0.29, 0.717) is 0 Å². The van der Waals surface area contributed by atoms with Gasteiger partial charge in [-0.3, -0.25) is 0 Å². The zero-order chi connectivity index (χ0) is 14.8. The molecule has 2 rings (SSSR count). The van der Waals surface area contributed by atoms with Crippen LogP contribution in [0.5, 0.6) is 0 Å². The number of alkyl carbamates (subject to hydrolysis) is 1. The van der Waals surface area contributed by atoms with Crippen LogP contribution in [0.3, 0.4) is 0 Å². The van der Waals surface area contributed by atoms with Gasteiger partial charge in [-0.1, -0.05) is 34.1 Å². The van der Waals surface area contributed by atoms with Crippen LogP contribution < -0.4 is 10.6 Å². The average molecular weight is 341 g/mol. The summed E-state index contributed by atoms with van der Waals surface area (Å²) in [4.78, 5) is 11.9. The summed E-state index contributed by atoms with van der Waals surface area (Å²) in [5, 5.41) is 6.29. The molecule has 4 nitrogen and oxygen atoms in total. The lowest BCUT2D eigenvalue weighted by Crippen LogP contribution is -2.42. The fourth-order valence-electron chi connectivity index (χ4n) is 2.39. The van der Waals surface area contributed by atoms with E-state index in [1.165, 1.54) is 5.56 Å². The van der Waals surface area contributed by atoms with Crippen molar-refractivity contribution in [1.82, 2.24) is 10.6 Å². The molecule has 0 aliphatic carbocycles.